The van der Waals surface area contributed by atoms with Gasteiger partial charge in [-0.1, -0.05) is 57.5 Å². The Kier molecular flexibility index (Phi) is 7.49. The summed E-state index contributed by atoms with van der Waals surface area (Å²) in [6, 6.07) is 6.84. The van der Waals surface area contributed by atoms with Crippen molar-refractivity contribution in [2.24, 2.45) is 56.7 Å². The van der Waals surface area contributed by atoms with E-state index in [1.54, 1.807) is 24.3 Å². The van der Waals surface area contributed by atoms with Crippen molar-refractivity contribution in [1.82, 2.24) is 0 Å². The first-order chi connectivity index (χ1) is 20.1. The van der Waals surface area contributed by atoms with Crippen LogP contribution in [0.2, 0.25) is 5.02 Å². The maximum Gasteiger partial charge on any atom is 0.338 e. The van der Waals surface area contributed by atoms with E-state index in [4.69, 9.17) is 16.3 Å². The van der Waals surface area contributed by atoms with Crippen molar-refractivity contribution in [3.63, 3.8) is 0 Å². The smallest absolute Gasteiger partial charge is 0.338 e. The molecule has 1 aromatic carbocycles. The Morgan fingerprint density at radius 1 is 0.953 bits per heavy atom. The van der Waals surface area contributed by atoms with Gasteiger partial charge in [-0.2, -0.15) is 0 Å². The van der Waals surface area contributed by atoms with Gasteiger partial charge in [0.1, 0.15) is 0 Å². The van der Waals surface area contributed by atoms with Crippen LogP contribution < -0.4 is 0 Å². The van der Waals surface area contributed by atoms with Gasteiger partial charge in [0.15, 0.2) is 0 Å². The average molecular weight is 611 g/mol. The van der Waals surface area contributed by atoms with Crippen molar-refractivity contribution in [1.29, 1.82) is 0 Å². The van der Waals surface area contributed by atoms with E-state index in [9.17, 15) is 19.8 Å². The molecule has 1 aromatic rings. The molecular weight excluding hydrogens is 560 g/mol. The highest BCUT2D eigenvalue weighted by Crippen LogP contribution is 2.77. The molecular formula is C37H51ClO5. The molecule has 0 aromatic heterocycles. The molecule has 0 saturated heterocycles. The van der Waals surface area contributed by atoms with E-state index in [-0.39, 0.29) is 40.6 Å². The fourth-order valence-corrected chi connectivity index (χ4v) is 12.6. The maximum atomic E-state index is 13.0. The molecule has 0 radical (unpaired) electrons. The molecule has 43 heavy (non-hydrogen) atoms. The highest BCUT2D eigenvalue weighted by molar-refractivity contribution is 6.30. The van der Waals surface area contributed by atoms with E-state index in [0.29, 0.717) is 28.8 Å². The second-order valence-electron chi connectivity index (χ2n) is 16.3. The van der Waals surface area contributed by atoms with Crippen LogP contribution in [-0.4, -0.2) is 34.9 Å². The van der Waals surface area contributed by atoms with Crippen molar-refractivity contribution in [3.05, 3.63) is 47.0 Å². The van der Waals surface area contributed by atoms with E-state index in [1.807, 2.05) is 0 Å². The monoisotopic (exact) mass is 610 g/mol. The average Bonchev–Trinajstić information content (AvgIpc) is 3.36. The van der Waals surface area contributed by atoms with Crippen LogP contribution in [0.25, 0.3) is 0 Å². The fraction of sp³-hybridized carbons (Fsp3) is 0.730. The quantitative estimate of drug-likeness (QED) is 0.258. The van der Waals surface area contributed by atoms with Gasteiger partial charge in [-0.15, -0.1) is 0 Å². The third-order valence-corrected chi connectivity index (χ3v) is 15.1. The van der Waals surface area contributed by atoms with E-state index in [2.05, 4.69) is 41.2 Å². The van der Waals surface area contributed by atoms with Gasteiger partial charge >= 0.3 is 11.9 Å². The number of allylic oxidation sites excluding steroid dienone is 1. The summed E-state index contributed by atoms with van der Waals surface area (Å²) in [6.45, 7) is 16.3. The standard InChI is InChI=1S/C37H51ClO5/c1-22(2)25-12-17-37(32(41)42)19-18-35(5)26(30(25)37)10-11-28-33(3)15-14-29(39)34(4,27(33)13-16-36(28,35)6)21-43-31(40)23-8-7-9-24(38)20-23/h7-9,20,25-30,39H,1,10-19,21H2,2-6H3,(H,41,42)/t25-,26+,27+,28+,29-,30+,33-,34-,35+,36+,37-/m0/s1. The number of rotatable bonds is 5. The van der Waals surface area contributed by atoms with E-state index in [1.165, 1.54) is 0 Å². The number of halogens is 1. The number of carboxylic acid groups (broad SMARTS) is 1. The van der Waals surface area contributed by atoms with Gasteiger partial charge < -0.3 is 14.9 Å². The molecule has 0 heterocycles. The largest absolute Gasteiger partial charge is 0.481 e. The molecule has 2 N–H and O–H groups in total. The second kappa shape index (κ2) is 10.3. The first-order valence-electron chi connectivity index (χ1n) is 16.6. The van der Waals surface area contributed by atoms with Crippen LogP contribution in [0.15, 0.2) is 36.4 Å². The minimum absolute atomic E-state index is 0.00217. The Labute approximate surface area is 262 Å². The van der Waals surface area contributed by atoms with Gasteiger partial charge in [0.05, 0.1) is 23.7 Å². The fourth-order valence-electron chi connectivity index (χ4n) is 12.4. The van der Waals surface area contributed by atoms with Crippen molar-refractivity contribution < 1.29 is 24.5 Å². The number of aliphatic hydroxyl groups excluding tert-OH is 1. The SMILES string of the molecule is C=C(C)[C@@H]1CC[C@]2(C(=O)O)CC[C@]3(C)[C@H](CC[C@@H]4[C@@]5(C)CC[C@H](O)[C@@](C)(COC(=O)c6cccc(Cl)c6)[C@@H]5CC[C@]43C)[C@@H]12. The van der Waals surface area contributed by atoms with Crippen molar-refractivity contribution in [3.8, 4) is 0 Å². The molecule has 0 bridgehead atoms. The molecule has 5 nitrogen and oxygen atoms in total. The number of carbonyl (C=O) groups excluding carboxylic acids is 1. The first kappa shape index (κ1) is 31.1. The predicted molar refractivity (Wildman–Crippen MR) is 169 cm³/mol. The lowest BCUT2D eigenvalue weighted by molar-refractivity contribution is -0.254. The van der Waals surface area contributed by atoms with Crippen molar-refractivity contribution >= 4 is 23.5 Å². The number of carboxylic acids is 1. The lowest BCUT2D eigenvalue weighted by atomic mass is 9.32. The number of esters is 1. The number of carbonyl (C=O) groups is 2. The van der Waals surface area contributed by atoms with Crippen LogP contribution in [0.3, 0.4) is 0 Å². The number of hydrogen-bond donors (Lipinski definition) is 2. The number of aliphatic carboxylic acids is 1. The summed E-state index contributed by atoms with van der Waals surface area (Å²) >= 11 is 6.13. The number of benzene rings is 1. The minimum atomic E-state index is -0.613. The summed E-state index contributed by atoms with van der Waals surface area (Å²) in [6.07, 6.45) is 8.78. The molecule has 0 spiro atoms. The van der Waals surface area contributed by atoms with Gasteiger partial charge in [0.25, 0.3) is 0 Å². The van der Waals surface area contributed by atoms with Gasteiger partial charge in [-0.3, -0.25) is 4.79 Å². The predicted octanol–water partition coefficient (Wildman–Crippen LogP) is 8.58. The van der Waals surface area contributed by atoms with Gasteiger partial charge in [0, 0.05) is 10.4 Å². The van der Waals surface area contributed by atoms with Crippen LogP contribution in [0, 0.1) is 56.7 Å². The van der Waals surface area contributed by atoms with Crippen molar-refractivity contribution in [2.75, 3.05) is 6.61 Å². The maximum absolute atomic E-state index is 13.0. The van der Waals surface area contributed by atoms with E-state index in [0.717, 1.165) is 63.4 Å². The van der Waals surface area contributed by atoms with Gasteiger partial charge in [-0.05, 0) is 135 Å². The molecule has 5 saturated carbocycles. The molecule has 0 unspecified atom stereocenters. The highest BCUT2D eigenvalue weighted by atomic mass is 35.5. The molecule has 0 amide bonds. The van der Waals surface area contributed by atoms with Crippen LogP contribution in [0.4, 0.5) is 0 Å². The zero-order valence-electron chi connectivity index (χ0n) is 26.8. The Morgan fingerprint density at radius 3 is 2.37 bits per heavy atom. The Bertz CT molecular complexity index is 1330. The highest BCUT2D eigenvalue weighted by Gasteiger charge is 2.72. The lowest BCUT2D eigenvalue weighted by Gasteiger charge is -2.72. The van der Waals surface area contributed by atoms with Crippen LogP contribution in [0.1, 0.15) is 109 Å². The third-order valence-electron chi connectivity index (χ3n) is 14.8. The Morgan fingerprint density at radius 2 is 1.70 bits per heavy atom. The topological polar surface area (TPSA) is 83.8 Å². The number of hydrogen-bond acceptors (Lipinski definition) is 4. The molecule has 5 fully saturated rings. The van der Waals surface area contributed by atoms with Crippen LogP contribution in [-0.2, 0) is 9.53 Å². The summed E-state index contributed by atoms with van der Waals surface area (Å²) in [7, 11) is 0. The minimum Gasteiger partial charge on any atom is -0.481 e. The first-order valence-corrected chi connectivity index (χ1v) is 17.0. The number of fused-ring (bicyclic) bond motifs is 7. The summed E-state index contributed by atoms with van der Waals surface area (Å²) in [5, 5.41) is 22.6. The molecule has 0 aliphatic heterocycles. The van der Waals surface area contributed by atoms with Crippen molar-refractivity contribution in [2.45, 2.75) is 105 Å². The zero-order chi connectivity index (χ0) is 31.2. The number of aliphatic hydroxyl groups is 1. The van der Waals surface area contributed by atoms with Gasteiger partial charge in [0.2, 0.25) is 0 Å². The zero-order valence-corrected chi connectivity index (χ0v) is 27.5. The molecule has 11 atom stereocenters. The summed E-state index contributed by atoms with van der Waals surface area (Å²) in [5.74, 6) is 0.536. The third kappa shape index (κ3) is 4.26. The summed E-state index contributed by atoms with van der Waals surface area (Å²) in [5.41, 5.74) is 0.569. The molecule has 6 heteroatoms. The van der Waals surface area contributed by atoms with Crippen LogP contribution >= 0.6 is 11.6 Å². The van der Waals surface area contributed by atoms with E-state index >= 15 is 0 Å². The second-order valence-corrected chi connectivity index (χ2v) is 16.7. The molecule has 5 aliphatic carbocycles. The Balaban J connectivity index is 1.30. The molecule has 6 rings (SSSR count). The van der Waals surface area contributed by atoms with E-state index < -0.39 is 28.9 Å². The summed E-state index contributed by atoms with van der Waals surface area (Å²) in [4.78, 5) is 26.0. The number of ether oxygens (including phenoxy) is 1. The Hall–Kier alpha value is -1.85. The molecule has 5 aliphatic rings. The summed E-state index contributed by atoms with van der Waals surface area (Å²) < 4.78 is 5.95. The lowest BCUT2D eigenvalue weighted by Crippen LogP contribution is -2.67. The molecule has 236 valence electrons. The van der Waals surface area contributed by atoms with Gasteiger partial charge in [-0.25, -0.2) is 4.79 Å². The van der Waals surface area contributed by atoms with Crippen LogP contribution in [0.5, 0.6) is 0 Å². The normalized spacial score (nSPS) is 47.0.